The van der Waals surface area contributed by atoms with E-state index in [-0.39, 0.29) is 0 Å². The predicted molar refractivity (Wildman–Crippen MR) is 61.4 cm³/mol. The first-order chi connectivity index (χ1) is 6.90. The van der Waals surface area contributed by atoms with Crippen molar-refractivity contribution in [2.75, 3.05) is 13.1 Å². The van der Waals surface area contributed by atoms with Crippen molar-refractivity contribution in [3.05, 3.63) is 22.4 Å². The van der Waals surface area contributed by atoms with E-state index in [9.17, 15) is 0 Å². The van der Waals surface area contributed by atoms with E-state index in [1.807, 2.05) is 11.3 Å². The number of likely N-dealkylation sites (tertiary alicyclic amines) is 1. The maximum Gasteiger partial charge on any atom is 0.0331 e. The molecule has 2 N–H and O–H groups in total. The van der Waals surface area contributed by atoms with E-state index in [0.29, 0.717) is 6.04 Å². The molecule has 0 amide bonds. The number of piperidine rings is 1. The molecule has 2 rings (SSSR count). The molecular weight excluding hydrogens is 192 g/mol. The largest absolute Gasteiger partial charge is 0.329 e. The van der Waals surface area contributed by atoms with Gasteiger partial charge in [0.1, 0.15) is 0 Å². The summed E-state index contributed by atoms with van der Waals surface area (Å²) in [4.78, 5) is 4.00. The van der Waals surface area contributed by atoms with Gasteiger partial charge in [-0.15, -0.1) is 11.3 Å². The van der Waals surface area contributed by atoms with Gasteiger partial charge in [0.25, 0.3) is 0 Å². The van der Waals surface area contributed by atoms with Crippen molar-refractivity contribution in [2.45, 2.75) is 31.8 Å². The first-order valence-corrected chi connectivity index (χ1v) is 6.24. The normalized spacial score (nSPS) is 23.9. The molecule has 0 saturated carbocycles. The summed E-state index contributed by atoms with van der Waals surface area (Å²) in [6.07, 6.45) is 3.96. The van der Waals surface area contributed by atoms with Gasteiger partial charge in [0.2, 0.25) is 0 Å². The topological polar surface area (TPSA) is 29.3 Å². The van der Waals surface area contributed by atoms with Crippen molar-refractivity contribution >= 4 is 11.3 Å². The third-order valence-electron chi connectivity index (χ3n) is 2.96. The van der Waals surface area contributed by atoms with Gasteiger partial charge in [-0.3, -0.25) is 4.90 Å². The SMILES string of the molecule is NCC1CCCCN1Cc1cccs1. The summed E-state index contributed by atoms with van der Waals surface area (Å²) in [5, 5.41) is 2.15. The number of rotatable bonds is 3. The van der Waals surface area contributed by atoms with Crippen LogP contribution in [0.25, 0.3) is 0 Å². The van der Waals surface area contributed by atoms with Crippen LogP contribution in [0.1, 0.15) is 24.1 Å². The molecule has 1 unspecified atom stereocenters. The summed E-state index contributed by atoms with van der Waals surface area (Å²) in [5.41, 5.74) is 5.78. The zero-order valence-electron chi connectivity index (χ0n) is 8.48. The average molecular weight is 210 g/mol. The Bertz CT molecular complexity index is 258. The van der Waals surface area contributed by atoms with Gasteiger partial charge in [-0.05, 0) is 30.8 Å². The number of hydrogen-bond donors (Lipinski definition) is 1. The number of thiophene rings is 1. The molecule has 1 aromatic rings. The fourth-order valence-electron chi connectivity index (χ4n) is 2.14. The molecule has 1 aliphatic rings. The van der Waals surface area contributed by atoms with Crippen LogP contribution in [-0.4, -0.2) is 24.0 Å². The van der Waals surface area contributed by atoms with E-state index in [0.717, 1.165) is 13.1 Å². The Hall–Kier alpha value is -0.380. The molecule has 3 heteroatoms. The molecule has 14 heavy (non-hydrogen) atoms. The van der Waals surface area contributed by atoms with Crippen molar-refractivity contribution in [3.8, 4) is 0 Å². The minimum Gasteiger partial charge on any atom is -0.329 e. The van der Waals surface area contributed by atoms with Crippen LogP contribution >= 0.6 is 11.3 Å². The summed E-state index contributed by atoms with van der Waals surface area (Å²) in [6.45, 7) is 3.13. The summed E-state index contributed by atoms with van der Waals surface area (Å²) in [6, 6.07) is 4.96. The Morgan fingerprint density at radius 1 is 1.50 bits per heavy atom. The summed E-state index contributed by atoms with van der Waals surface area (Å²) < 4.78 is 0. The Kier molecular flexibility index (Phi) is 3.56. The zero-order chi connectivity index (χ0) is 9.80. The first kappa shape index (κ1) is 10.1. The maximum atomic E-state index is 5.78. The molecular formula is C11H18N2S. The predicted octanol–water partition coefficient (Wildman–Crippen LogP) is 2.06. The average Bonchev–Trinajstić information content (AvgIpc) is 2.71. The third-order valence-corrected chi connectivity index (χ3v) is 3.82. The van der Waals surface area contributed by atoms with Crippen molar-refractivity contribution in [3.63, 3.8) is 0 Å². The van der Waals surface area contributed by atoms with E-state index in [1.165, 1.54) is 30.7 Å². The molecule has 1 saturated heterocycles. The van der Waals surface area contributed by atoms with Crippen molar-refractivity contribution < 1.29 is 0 Å². The molecule has 1 atom stereocenters. The van der Waals surface area contributed by atoms with E-state index in [4.69, 9.17) is 5.73 Å². The summed E-state index contributed by atoms with van der Waals surface area (Å²) in [7, 11) is 0. The fraction of sp³-hybridized carbons (Fsp3) is 0.636. The molecule has 0 spiro atoms. The minimum atomic E-state index is 0.617. The Labute approximate surface area is 89.7 Å². The van der Waals surface area contributed by atoms with Crippen LogP contribution in [0.4, 0.5) is 0 Å². The second-order valence-corrected chi connectivity index (χ2v) is 4.97. The second kappa shape index (κ2) is 4.91. The quantitative estimate of drug-likeness (QED) is 0.827. The van der Waals surface area contributed by atoms with Crippen LogP contribution in [0, 0.1) is 0 Å². The van der Waals surface area contributed by atoms with Gasteiger partial charge in [0, 0.05) is 24.0 Å². The van der Waals surface area contributed by atoms with Gasteiger partial charge in [0.05, 0.1) is 0 Å². The van der Waals surface area contributed by atoms with Gasteiger partial charge >= 0.3 is 0 Å². The van der Waals surface area contributed by atoms with Crippen LogP contribution < -0.4 is 5.73 Å². The van der Waals surface area contributed by atoms with Crippen molar-refractivity contribution in [1.82, 2.24) is 4.90 Å². The molecule has 2 heterocycles. The Morgan fingerprint density at radius 2 is 2.43 bits per heavy atom. The fourth-order valence-corrected chi connectivity index (χ4v) is 2.87. The maximum absolute atomic E-state index is 5.78. The van der Waals surface area contributed by atoms with E-state index < -0.39 is 0 Å². The van der Waals surface area contributed by atoms with Crippen molar-refractivity contribution in [2.24, 2.45) is 5.73 Å². The van der Waals surface area contributed by atoms with Gasteiger partial charge in [-0.2, -0.15) is 0 Å². The number of nitrogens with two attached hydrogens (primary N) is 1. The monoisotopic (exact) mass is 210 g/mol. The molecule has 0 radical (unpaired) electrons. The highest BCUT2D eigenvalue weighted by molar-refractivity contribution is 7.09. The lowest BCUT2D eigenvalue weighted by molar-refractivity contribution is 0.146. The molecule has 1 fully saturated rings. The third kappa shape index (κ3) is 2.35. The first-order valence-electron chi connectivity index (χ1n) is 5.36. The highest BCUT2D eigenvalue weighted by atomic mass is 32.1. The Morgan fingerprint density at radius 3 is 3.14 bits per heavy atom. The molecule has 1 aromatic heterocycles. The zero-order valence-corrected chi connectivity index (χ0v) is 9.30. The second-order valence-electron chi connectivity index (χ2n) is 3.94. The van der Waals surface area contributed by atoms with Crippen molar-refractivity contribution in [1.29, 1.82) is 0 Å². The standard InChI is InChI=1S/C11H18N2S/c12-8-10-4-1-2-6-13(10)9-11-5-3-7-14-11/h3,5,7,10H,1-2,4,6,8-9,12H2. The lowest BCUT2D eigenvalue weighted by Gasteiger charge is -2.34. The smallest absolute Gasteiger partial charge is 0.0331 e. The van der Waals surface area contributed by atoms with E-state index >= 15 is 0 Å². The highest BCUT2D eigenvalue weighted by Crippen LogP contribution is 2.20. The van der Waals surface area contributed by atoms with E-state index in [1.54, 1.807) is 0 Å². The van der Waals surface area contributed by atoms with Gasteiger partial charge in [0.15, 0.2) is 0 Å². The minimum absolute atomic E-state index is 0.617. The van der Waals surface area contributed by atoms with Gasteiger partial charge < -0.3 is 5.73 Å². The van der Waals surface area contributed by atoms with Gasteiger partial charge in [-0.25, -0.2) is 0 Å². The van der Waals surface area contributed by atoms with Crippen LogP contribution in [0.2, 0.25) is 0 Å². The molecule has 0 bridgehead atoms. The van der Waals surface area contributed by atoms with Crippen LogP contribution in [0.5, 0.6) is 0 Å². The van der Waals surface area contributed by atoms with Gasteiger partial charge in [-0.1, -0.05) is 12.5 Å². The van der Waals surface area contributed by atoms with Crippen LogP contribution in [-0.2, 0) is 6.54 Å². The molecule has 2 nitrogen and oxygen atoms in total. The lowest BCUT2D eigenvalue weighted by atomic mass is 10.0. The molecule has 0 aromatic carbocycles. The molecule has 1 aliphatic heterocycles. The highest BCUT2D eigenvalue weighted by Gasteiger charge is 2.20. The van der Waals surface area contributed by atoms with E-state index in [2.05, 4.69) is 22.4 Å². The van der Waals surface area contributed by atoms with Crippen LogP contribution in [0.3, 0.4) is 0 Å². The summed E-state index contributed by atoms with van der Waals surface area (Å²) >= 11 is 1.85. The summed E-state index contributed by atoms with van der Waals surface area (Å²) in [5.74, 6) is 0. The molecule has 78 valence electrons. The Balaban J connectivity index is 1.94. The van der Waals surface area contributed by atoms with Crippen LogP contribution in [0.15, 0.2) is 17.5 Å². The number of hydrogen-bond acceptors (Lipinski definition) is 3. The molecule has 0 aliphatic carbocycles. The lowest BCUT2D eigenvalue weighted by Crippen LogP contribution is -2.43. The number of nitrogens with zero attached hydrogens (tertiary/aromatic N) is 1.